The number of Topliss-reactive ketones (excluding diaryl/α,β-unsaturated/α-hetero) is 2. The van der Waals surface area contributed by atoms with Crippen LogP contribution in [0, 0.1) is 0 Å². The van der Waals surface area contributed by atoms with Crippen LogP contribution >= 0.6 is 0 Å². The van der Waals surface area contributed by atoms with Crippen LogP contribution < -0.4 is 0 Å². The number of benzene rings is 3. The topological polar surface area (TPSA) is 109 Å². The molecule has 0 amide bonds. The molecular weight excluding hydrogens is 312 g/mol. The Kier molecular flexibility index (Phi) is 3.57. The second kappa shape index (κ2) is 5.58. The van der Waals surface area contributed by atoms with Gasteiger partial charge in [0, 0.05) is 11.1 Å². The molecule has 3 rings (SSSR count). The van der Waals surface area contributed by atoms with Gasteiger partial charge >= 0.3 is 11.9 Å². The lowest BCUT2D eigenvalue weighted by atomic mass is 9.94. The van der Waals surface area contributed by atoms with Crippen molar-refractivity contribution >= 4 is 45.0 Å². The van der Waals surface area contributed by atoms with Gasteiger partial charge in [0.2, 0.25) is 0 Å². The number of hydrogen-bond donors (Lipinski definition) is 2. The summed E-state index contributed by atoms with van der Waals surface area (Å²) in [5, 5.41) is 19.8. The summed E-state index contributed by atoms with van der Waals surface area (Å²) in [6.45, 7) is 0. The quantitative estimate of drug-likeness (QED) is 0.434. The van der Waals surface area contributed by atoms with Crippen LogP contribution in [0.1, 0.15) is 20.7 Å². The molecule has 6 nitrogen and oxygen atoms in total. The van der Waals surface area contributed by atoms with Crippen molar-refractivity contribution in [2.45, 2.75) is 0 Å². The Balaban J connectivity index is 2.35. The summed E-state index contributed by atoms with van der Waals surface area (Å²) in [5.74, 6) is -5.18. The zero-order valence-electron chi connectivity index (χ0n) is 12.1. The highest BCUT2D eigenvalue weighted by atomic mass is 16.4. The molecule has 0 saturated carbocycles. The molecule has 3 aromatic rings. The summed E-state index contributed by atoms with van der Waals surface area (Å²) in [5.41, 5.74) is 0.0775. The van der Waals surface area contributed by atoms with E-state index in [0.717, 1.165) is 0 Å². The molecule has 0 atom stereocenters. The number of rotatable bonds is 4. The first-order valence-electron chi connectivity index (χ1n) is 6.91. The second-order valence-electron chi connectivity index (χ2n) is 5.17. The van der Waals surface area contributed by atoms with Crippen LogP contribution in [0.3, 0.4) is 0 Å². The lowest BCUT2D eigenvalue weighted by molar-refractivity contribution is -0.132. The molecule has 0 heterocycles. The van der Waals surface area contributed by atoms with E-state index in [1.54, 1.807) is 24.3 Å². The standard InChI is InChI=1S/C18H10O6/c19-15(17(21)22)11-5-1-3-9-7-14-10(8-13(9)11)4-2-6-12(14)16(20)18(23)24/h1-8H,(H,21,22)(H,23,24). The summed E-state index contributed by atoms with van der Waals surface area (Å²) in [6, 6.07) is 12.4. The molecular formula is C18H10O6. The largest absolute Gasteiger partial charge is 0.475 e. The van der Waals surface area contributed by atoms with Crippen LogP contribution in [-0.2, 0) is 9.59 Å². The van der Waals surface area contributed by atoms with E-state index < -0.39 is 23.5 Å². The molecule has 0 radical (unpaired) electrons. The van der Waals surface area contributed by atoms with Crippen molar-refractivity contribution in [3.8, 4) is 0 Å². The number of carbonyl (C=O) groups excluding carboxylic acids is 2. The van der Waals surface area contributed by atoms with Crippen molar-refractivity contribution in [3.63, 3.8) is 0 Å². The van der Waals surface area contributed by atoms with Gasteiger partial charge < -0.3 is 10.2 Å². The first kappa shape index (κ1) is 15.4. The normalized spacial score (nSPS) is 10.7. The minimum Gasteiger partial charge on any atom is -0.475 e. The molecule has 118 valence electrons. The van der Waals surface area contributed by atoms with E-state index in [1.807, 2.05) is 0 Å². The third kappa shape index (κ3) is 2.40. The predicted octanol–water partition coefficient (Wildman–Crippen LogP) is 2.53. The van der Waals surface area contributed by atoms with Crippen molar-refractivity contribution in [1.29, 1.82) is 0 Å². The molecule has 0 spiro atoms. The van der Waals surface area contributed by atoms with E-state index >= 15 is 0 Å². The fraction of sp³-hybridized carbons (Fsp3) is 0. The van der Waals surface area contributed by atoms with Crippen LogP contribution in [0.4, 0.5) is 0 Å². The monoisotopic (exact) mass is 322 g/mol. The number of hydrogen-bond acceptors (Lipinski definition) is 4. The Morgan fingerprint density at radius 3 is 1.33 bits per heavy atom. The molecule has 24 heavy (non-hydrogen) atoms. The van der Waals surface area contributed by atoms with E-state index in [0.29, 0.717) is 21.5 Å². The Labute approximate surface area is 134 Å². The van der Waals surface area contributed by atoms with E-state index in [-0.39, 0.29) is 11.1 Å². The van der Waals surface area contributed by atoms with Crippen LogP contribution in [0.15, 0.2) is 48.5 Å². The molecule has 6 heteroatoms. The molecule has 0 aliphatic carbocycles. The number of ketones is 2. The molecule has 0 aromatic heterocycles. The highest BCUT2D eigenvalue weighted by Crippen LogP contribution is 2.28. The zero-order chi connectivity index (χ0) is 17.4. The summed E-state index contributed by atoms with van der Waals surface area (Å²) in [7, 11) is 0. The van der Waals surface area contributed by atoms with Crippen LogP contribution in [0.2, 0.25) is 0 Å². The molecule has 0 saturated heterocycles. The van der Waals surface area contributed by atoms with Gasteiger partial charge in [0.05, 0.1) is 0 Å². The molecule has 2 N–H and O–H groups in total. The maximum Gasteiger partial charge on any atom is 0.377 e. The van der Waals surface area contributed by atoms with Crippen LogP contribution in [0.5, 0.6) is 0 Å². The van der Waals surface area contributed by atoms with E-state index in [9.17, 15) is 19.2 Å². The van der Waals surface area contributed by atoms with Crippen molar-refractivity contribution in [2.75, 3.05) is 0 Å². The van der Waals surface area contributed by atoms with Crippen molar-refractivity contribution in [2.24, 2.45) is 0 Å². The maximum atomic E-state index is 11.8. The van der Waals surface area contributed by atoms with Gasteiger partial charge in [-0.05, 0) is 33.7 Å². The molecule has 0 aliphatic rings. The molecule has 0 fully saturated rings. The van der Waals surface area contributed by atoms with E-state index in [4.69, 9.17) is 10.2 Å². The van der Waals surface area contributed by atoms with Gasteiger partial charge in [-0.2, -0.15) is 0 Å². The van der Waals surface area contributed by atoms with E-state index in [2.05, 4.69) is 0 Å². The fourth-order valence-corrected chi connectivity index (χ4v) is 2.68. The summed E-state index contributed by atoms with van der Waals surface area (Å²) in [6.07, 6.45) is 0. The van der Waals surface area contributed by atoms with Gasteiger partial charge in [-0.15, -0.1) is 0 Å². The average molecular weight is 322 g/mol. The number of carbonyl (C=O) groups is 4. The first-order chi connectivity index (χ1) is 11.4. The van der Waals surface area contributed by atoms with Crippen molar-refractivity contribution in [3.05, 3.63) is 59.7 Å². The lowest BCUT2D eigenvalue weighted by Gasteiger charge is -2.08. The van der Waals surface area contributed by atoms with Gasteiger partial charge in [0.25, 0.3) is 11.6 Å². The van der Waals surface area contributed by atoms with Crippen LogP contribution in [0.25, 0.3) is 21.5 Å². The number of aliphatic carboxylic acids is 2. The Bertz CT molecular complexity index is 962. The minimum atomic E-state index is -1.56. The maximum absolute atomic E-state index is 11.8. The molecule has 0 unspecified atom stereocenters. The summed E-state index contributed by atoms with van der Waals surface area (Å²) >= 11 is 0. The third-order valence-corrected chi connectivity index (χ3v) is 3.76. The Hall–Kier alpha value is -3.54. The molecule has 3 aromatic carbocycles. The average Bonchev–Trinajstić information content (AvgIpc) is 2.57. The van der Waals surface area contributed by atoms with E-state index in [1.165, 1.54) is 24.3 Å². The highest BCUT2D eigenvalue weighted by Gasteiger charge is 2.20. The zero-order valence-corrected chi connectivity index (χ0v) is 12.1. The number of carboxylic acids is 2. The summed E-state index contributed by atoms with van der Waals surface area (Å²) < 4.78 is 0. The third-order valence-electron chi connectivity index (χ3n) is 3.76. The van der Waals surface area contributed by atoms with Crippen LogP contribution in [-0.4, -0.2) is 33.7 Å². The van der Waals surface area contributed by atoms with Gasteiger partial charge in [0.1, 0.15) is 0 Å². The van der Waals surface area contributed by atoms with Gasteiger partial charge in [-0.3, -0.25) is 9.59 Å². The molecule has 0 bridgehead atoms. The predicted molar refractivity (Wildman–Crippen MR) is 85.4 cm³/mol. The lowest BCUT2D eigenvalue weighted by Crippen LogP contribution is -2.13. The fourth-order valence-electron chi connectivity index (χ4n) is 2.68. The van der Waals surface area contributed by atoms with Crippen molar-refractivity contribution < 1.29 is 29.4 Å². The van der Waals surface area contributed by atoms with Gasteiger partial charge in [-0.25, -0.2) is 9.59 Å². The first-order valence-corrected chi connectivity index (χ1v) is 6.91. The van der Waals surface area contributed by atoms with Gasteiger partial charge in [-0.1, -0.05) is 36.4 Å². The molecule has 0 aliphatic heterocycles. The minimum absolute atomic E-state index is 0.0388. The van der Waals surface area contributed by atoms with Crippen molar-refractivity contribution in [1.82, 2.24) is 0 Å². The SMILES string of the molecule is O=C(O)C(=O)c1cccc2cc3c(C(=O)C(=O)O)cccc3cc12. The second-order valence-corrected chi connectivity index (χ2v) is 5.17. The highest BCUT2D eigenvalue weighted by molar-refractivity contribution is 6.43. The number of fused-ring (bicyclic) bond motifs is 2. The smallest absolute Gasteiger partial charge is 0.377 e. The van der Waals surface area contributed by atoms with Gasteiger partial charge in [0.15, 0.2) is 0 Å². The Morgan fingerprint density at radius 2 is 1.00 bits per heavy atom. The number of carboxylic acid groups (broad SMARTS) is 2. The Morgan fingerprint density at radius 1 is 0.625 bits per heavy atom. The summed E-state index contributed by atoms with van der Waals surface area (Å²) in [4.78, 5) is 45.6.